The highest BCUT2D eigenvalue weighted by Gasteiger charge is 2.36. The number of benzene rings is 1. The predicted octanol–water partition coefficient (Wildman–Crippen LogP) is 1.74. The summed E-state index contributed by atoms with van der Waals surface area (Å²) in [7, 11) is 0. The molecule has 3 saturated heterocycles. The van der Waals surface area contributed by atoms with Crippen LogP contribution in [0.25, 0.3) is 0 Å². The van der Waals surface area contributed by atoms with Gasteiger partial charge in [-0.1, -0.05) is 26.0 Å². The molecule has 0 aliphatic carbocycles. The van der Waals surface area contributed by atoms with Crippen molar-refractivity contribution in [1.29, 1.82) is 0 Å². The number of para-hydroxylation sites is 1. The summed E-state index contributed by atoms with van der Waals surface area (Å²) in [6.07, 6.45) is 0.669. The van der Waals surface area contributed by atoms with Gasteiger partial charge in [0, 0.05) is 64.9 Å². The van der Waals surface area contributed by atoms with Gasteiger partial charge in [-0.25, -0.2) is 4.39 Å². The molecule has 1 aromatic carbocycles. The van der Waals surface area contributed by atoms with Crippen LogP contribution in [-0.4, -0.2) is 111 Å². The number of halogens is 1. The number of hydrogen-bond donors (Lipinski definition) is 1. The number of likely N-dealkylation sites (tertiary alicyclic amines) is 1. The maximum absolute atomic E-state index is 14.1. The van der Waals surface area contributed by atoms with Crippen LogP contribution in [-0.2, 0) is 4.74 Å². The van der Waals surface area contributed by atoms with Crippen molar-refractivity contribution in [2.75, 3.05) is 83.6 Å². The summed E-state index contributed by atoms with van der Waals surface area (Å²) < 4.78 is 19.6. The molecule has 3 heterocycles. The molecule has 174 valence electrons. The van der Waals surface area contributed by atoms with Gasteiger partial charge in [0.05, 0.1) is 25.0 Å². The third-order valence-corrected chi connectivity index (χ3v) is 7.01. The van der Waals surface area contributed by atoms with E-state index in [1.54, 1.807) is 6.07 Å². The molecule has 3 aliphatic heterocycles. The monoisotopic (exact) mass is 434 g/mol. The molecule has 6 nitrogen and oxygen atoms in total. The van der Waals surface area contributed by atoms with E-state index in [0.29, 0.717) is 5.69 Å². The topological polar surface area (TPSA) is 42.4 Å². The maximum atomic E-state index is 14.1. The zero-order chi connectivity index (χ0) is 21.8. The first-order chi connectivity index (χ1) is 14.9. The van der Waals surface area contributed by atoms with Crippen LogP contribution in [0.4, 0.5) is 10.1 Å². The van der Waals surface area contributed by atoms with E-state index in [2.05, 4.69) is 33.4 Å². The van der Waals surface area contributed by atoms with Crippen molar-refractivity contribution >= 4 is 5.69 Å². The van der Waals surface area contributed by atoms with E-state index in [1.165, 1.54) is 6.07 Å². The first kappa shape index (κ1) is 22.9. The molecule has 0 bridgehead atoms. The summed E-state index contributed by atoms with van der Waals surface area (Å²) in [5.41, 5.74) is 0.884. The fourth-order valence-corrected chi connectivity index (χ4v) is 5.58. The molecule has 3 aliphatic rings. The van der Waals surface area contributed by atoms with Crippen molar-refractivity contribution < 1.29 is 14.2 Å². The molecule has 7 heteroatoms. The number of morpholine rings is 1. The van der Waals surface area contributed by atoms with E-state index >= 15 is 0 Å². The number of nitrogens with zero attached hydrogens (tertiary/aromatic N) is 4. The number of aliphatic hydroxyl groups is 1. The Labute approximate surface area is 186 Å². The Morgan fingerprint density at radius 3 is 2.32 bits per heavy atom. The molecular weight excluding hydrogens is 395 g/mol. The molecule has 1 aromatic rings. The standard InChI is InChI=1S/C24H39FN4O2/c1-24(2,18-26-13-15-31-16-14-26)19-27-8-7-22(23(30)17-27)29-11-9-28(10-12-29)21-6-4-3-5-20(21)25/h3-6,22-23,30H,7-19H2,1-2H3/t22-,23-/m1/s1. The highest BCUT2D eigenvalue weighted by atomic mass is 19.1. The van der Waals surface area contributed by atoms with E-state index in [4.69, 9.17) is 4.74 Å². The van der Waals surface area contributed by atoms with Crippen LogP contribution in [0.5, 0.6) is 0 Å². The zero-order valence-corrected chi connectivity index (χ0v) is 19.2. The second kappa shape index (κ2) is 10.1. The quantitative estimate of drug-likeness (QED) is 0.736. The molecule has 0 saturated carbocycles. The van der Waals surface area contributed by atoms with Gasteiger partial charge in [0.15, 0.2) is 0 Å². The second-order valence-corrected chi connectivity index (χ2v) is 10.2. The number of anilines is 1. The van der Waals surface area contributed by atoms with E-state index in [0.717, 1.165) is 85.1 Å². The first-order valence-electron chi connectivity index (χ1n) is 11.9. The molecule has 0 amide bonds. The molecule has 3 fully saturated rings. The van der Waals surface area contributed by atoms with Crippen LogP contribution >= 0.6 is 0 Å². The Bertz CT molecular complexity index is 705. The summed E-state index contributed by atoms with van der Waals surface area (Å²) in [6.45, 7) is 15.6. The van der Waals surface area contributed by atoms with Crippen molar-refractivity contribution in [3.05, 3.63) is 30.1 Å². The molecule has 31 heavy (non-hydrogen) atoms. The van der Waals surface area contributed by atoms with Gasteiger partial charge in [0.25, 0.3) is 0 Å². The Balaban J connectivity index is 1.24. The Kier molecular flexibility index (Phi) is 7.49. The number of β-amino-alcohol motifs (C(OH)–C–C–N with tert-alkyl or cyclic N) is 1. The lowest BCUT2D eigenvalue weighted by Crippen LogP contribution is -2.60. The molecule has 1 N–H and O–H groups in total. The molecule has 0 spiro atoms. The molecular formula is C24H39FN4O2. The van der Waals surface area contributed by atoms with Crippen LogP contribution < -0.4 is 4.90 Å². The lowest BCUT2D eigenvalue weighted by molar-refractivity contribution is -0.0306. The van der Waals surface area contributed by atoms with Crippen molar-refractivity contribution in [2.24, 2.45) is 5.41 Å². The molecule has 0 radical (unpaired) electrons. The first-order valence-corrected chi connectivity index (χ1v) is 11.9. The highest BCUT2D eigenvalue weighted by Crippen LogP contribution is 2.26. The van der Waals surface area contributed by atoms with Gasteiger partial charge in [-0.15, -0.1) is 0 Å². The van der Waals surface area contributed by atoms with E-state index in [-0.39, 0.29) is 23.4 Å². The molecule has 0 unspecified atom stereocenters. The minimum Gasteiger partial charge on any atom is -0.390 e. The third-order valence-electron chi connectivity index (χ3n) is 7.01. The fraction of sp³-hybridized carbons (Fsp3) is 0.750. The Hall–Kier alpha value is -1.25. The Morgan fingerprint density at radius 2 is 1.65 bits per heavy atom. The predicted molar refractivity (Wildman–Crippen MR) is 122 cm³/mol. The van der Waals surface area contributed by atoms with Crippen LogP contribution in [0, 0.1) is 11.2 Å². The fourth-order valence-electron chi connectivity index (χ4n) is 5.58. The Morgan fingerprint density at radius 1 is 0.968 bits per heavy atom. The van der Waals surface area contributed by atoms with Crippen molar-refractivity contribution in [2.45, 2.75) is 32.4 Å². The van der Waals surface area contributed by atoms with Gasteiger partial charge in [-0.05, 0) is 30.5 Å². The van der Waals surface area contributed by atoms with Gasteiger partial charge in [0.1, 0.15) is 5.82 Å². The summed E-state index contributed by atoms with van der Waals surface area (Å²) in [6, 6.07) is 7.23. The average molecular weight is 435 g/mol. The SMILES string of the molecule is CC(C)(CN1CCOCC1)CN1CC[C@@H](N2CCN(c3ccccc3F)CC2)[C@H](O)C1. The lowest BCUT2D eigenvalue weighted by atomic mass is 9.89. The minimum atomic E-state index is -0.326. The van der Waals surface area contributed by atoms with Crippen LogP contribution in [0.3, 0.4) is 0 Å². The van der Waals surface area contributed by atoms with Gasteiger partial charge >= 0.3 is 0 Å². The van der Waals surface area contributed by atoms with Crippen LogP contribution in [0.1, 0.15) is 20.3 Å². The summed E-state index contributed by atoms with van der Waals surface area (Å²) in [5.74, 6) is -0.149. The minimum absolute atomic E-state index is 0.149. The second-order valence-electron chi connectivity index (χ2n) is 10.2. The number of rotatable bonds is 6. The summed E-state index contributed by atoms with van der Waals surface area (Å²) >= 11 is 0. The van der Waals surface area contributed by atoms with Gasteiger partial charge < -0.3 is 19.6 Å². The number of piperazine rings is 1. The summed E-state index contributed by atoms with van der Waals surface area (Å²) in [4.78, 5) is 9.48. The van der Waals surface area contributed by atoms with Gasteiger partial charge in [0.2, 0.25) is 0 Å². The molecule has 0 aromatic heterocycles. The van der Waals surface area contributed by atoms with Crippen LogP contribution in [0.15, 0.2) is 24.3 Å². The van der Waals surface area contributed by atoms with E-state index in [9.17, 15) is 9.50 Å². The van der Waals surface area contributed by atoms with Crippen molar-refractivity contribution in [3.8, 4) is 0 Å². The number of aliphatic hydroxyl groups excluding tert-OH is 1. The van der Waals surface area contributed by atoms with Crippen LogP contribution in [0.2, 0.25) is 0 Å². The molecule has 2 atom stereocenters. The number of piperidine rings is 1. The largest absolute Gasteiger partial charge is 0.390 e. The molecule has 4 rings (SSSR count). The van der Waals surface area contributed by atoms with Crippen molar-refractivity contribution in [1.82, 2.24) is 14.7 Å². The van der Waals surface area contributed by atoms with Crippen molar-refractivity contribution in [3.63, 3.8) is 0 Å². The smallest absolute Gasteiger partial charge is 0.146 e. The lowest BCUT2D eigenvalue weighted by Gasteiger charge is -2.47. The number of ether oxygens (including phenoxy) is 1. The average Bonchev–Trinajstić information content (AvgIpc) is 2.74. The van der Waals surface area contributed by atoms with E-state index < -0.39 is 0 Å². The maximum Gasteiger partial charge on any atom is 0.146 e. The third kappa shape index (κ3) is 5.96. The highest BCUT2D eigenvalue weighted by molar-refractivity contribution is 5.48. The summed E-state index contributed by atoms with van der Waals surface area (Å²) in [5, 5.41) is 11.0. The van der Waals surface area contributed by atoms with E-state index in [1.807, 2.05) is 12.1 Å². The zero-order valence-electron chi connectivity index (χ0n) is 19.2. The van der Waals surface area contributed by atoms with Gasteiger partial charge in [-0.2, -0.15) is 0 Å². The number of hydrogen-bond acceptors (Lipinski definition) is 6. The normalized spacial score (nSPS) is 27.5. The van der Waals surface area contributed by atoms with Gasteiger partial charge in [-0.3, -0.25) is 9.80 Å².